The largest absolute Gasteiger partial charge is 0.310 e. The molecule has 1 atom stereocenters. The zero-order chi connectivity index (χ0) is 19.4. The lowest BCUT2D eigenvalue weighted by Gasteiger charge is -2.24. The number of carbonyl (C=O) groups excluding carboxylic acids is 1. The van der Waals surface area contributed by atoms with Crippen LogP contribution in [0.2, 0.25) is 0 Å². The number of rotatable bonds is 2. The van der Waals surface area contributed by atoms with E-state index in [0.29, 0.717) is 29.5 Å². The van der Waals surface area contributed by atoms with E-state index >= 15 is 0 Å². The Morgan fingerprint density at radius 3 is 2.75 bits per heavy atom. The number of hydrogen-bond acceptors (Lipinski definition) is 5. The standard InChI is InChI=1S/C20H19N7O/c1-11-5-4-6-14(9-11)15-10-18(28)21-20-19(15)12(2)24-27(20)17-8-7-16-23-22-13(3)26(16)25-17/h4-9,15H,10H2,1-3H3,(H,21,28)/t15-/m1/s1. The number of aromatic nitrogens is 6. The fourth-order valence-corrected chi connectivity index (χ4v) is 3.88. The Labute approximate surface area is 161 Å². The Balaban J connectivity index is 1.69. The van der Waals surface area contributed by atoms with E-state index in [1.54, 1.807) is 9.20 Å². The summed E-state index contributed by atoms with van der Waals surface area (Å²) in [6.07, 6.45) is 0.403. The van der Waals surface area contributed by atoms with Crippen molar-refractivity contribution in [3.05, 3.63) is 64.6 Å². The van der Waals surface area contributed by atoms with E-state index in [9.17, 15) is 4.79 Å². The van der Waals surface area contributed by atoms with Gasteiger partial charge in [0.25, 0.3) is 0 Å². The summed E-state index contributed by atoms with van der Waals surface area (Å²) in [5, 5.41) is 20.4. The third kappa shape index (κ3) is 2.49. The first-order valence-electron chi connectivity index (χ1n) is 9.16. The fraction of sp³-hybridized carbons (Fsp3) is 0.250. The molecular weight excluding hydrogens is 354 g/mol. The molecule has 0 saturated heterocycles. The summed E-state index contributed by atoms with van der Waals surface area (Å²) < 4.78 is 3.37. The van der Waals surface area contributed by atoms with Crippen LogP contribution in [0, 0.1) is 20.8 Å². The third-order valence-corrected chi connectivity index (χ3v) is 5.17. The molecule has 140 valence electrons. The van der Waals surface area contributed by atoms with Crippen LogP contribution in [-0.2, 0) is 4.79 Å². The van der Waals surface area contributed by atoms with Gasteiger partial charge < -0.3 is 5.32 Å². The van der Waals surface area contributed by atoms with Crippen LogP contribution in [0.3, 0.4) is 0 Å². The van der Waals surface area contributed by atoms with Crippen LogP contribution in [0.25, 0.3) is 11.5 Å². The molecule has 0 radical (unpaired) electrons. The molecule has 4 heterocycles. The summed E-state index contributed by atoms with van der Waals surface area (Å²) in [6.45, 7) is 5.87. The van der Waals surface area contributed by atoms with E-state index < -0.39 is 0 Å². The van der Waals surface area contributed by atoms with Crippen molar-refractivity contribution in [2.75, 3.05) is 5.32 Å². The van der Waals surface area contributed by atoms with Crippen LogP contribution in [-0.4, -0.2) is 35.5 Å². The third-order valence-electron chi connectivity index (χ3n) is 5.17. The molecule has 8 heteroatoms. The van der Waals surface area contributed by atoms with E-state index in [1.807, 2.05) is 32.0 Å². The number of amides is 1. The highest BCUT2D eigenvalue weighted by molar-refractivity contribution is 5.95. The predicted octanol–water partition coefficient (Wildman–Crippen LogP) is 2.71. The molecule has 0 saturated carbocycles. The van der Waals surface area contributed by atoms with Crippen molar-refractivity contribution >= 4 is 17.4 Å². The summed E-state index contributed by atoms with van der Waals surface area (Å²) in [6, 6.07) is 12.0. The smallest absolute Gasteiger partial charge is 0.226 e. The van der Waals surface area contributed by atoms with Crippen LogP contribution in [0.5, 0.6) is 0 Å². The molecule has 28 heavy (non-hydrogen) atoms. The van der Waals surface area contributed by atoms with Crippen molar-refractivity contribution in [2.45, 2.75) is 33.1 Å². The van der Waals surface area contributed by atoms with E-state index in [2.05, 4.69) is 45.7 Å². The zero-order valence-electron chi connectivity index (χ0n) is 15.8. The Bertz CT molecular complexity index is 1240. The Hall–Kier alpha value is -3.55. The van der Waals surface area contributed by atoms with Gasteiger partial charge >= 0.3 is 0 Å². The van der Waals surface area contributed by atoms with Gasteiger partial charge in [0.2, 0.25) is 5.91 Å². The normalized spacial score (nSPS) is 16.2. The highest BCUT2D eigenvalue weighted by atomic mass is 16.1. The van der Waals surface area contributed by atoms with Crippen molar-refractivity contribution in [1.29, 1.82) is 0 Å². The Morgan fingerprint density at radius 1 is 1.07 bits per heavy atom. The van der Waals surface area contributed by atoms with Crippen molar-refractivity contribution in [1.82, 2.24) is 29.6 Å². The summed E-state index contributed by atoms with van der Waals surface area (Å²) in [5.41, 5.74) is 4.87. The number of nitrogens with one attached hydrogen (secondary N) is 1. The highest BCUT2D eigenvalue weighted by Crippen LogP contribution is 2.40. The van der Waals surface area contributed by atoms with Gasteiger partial charge in [-0.25, -0.2) is 0 Å². The zero-order valence-corrected chi connectivity index (χ0v) is 15.8. The second-order valence-corrected chi connectivity index (χ2v) is 7.19. The van der Waals surface area contributed by atoms with Gasteiger partial charge in [0, 0.05) is 17.9 Å². The lowest BCUT2D eigenvalue weighted by atomic mass is 9.85. The predicted molar refractivity (Wildman–Crippen MR) is 104 cm³/mol. The molecule has 0 bridgehead atoms. The van der Waals surface area contributed by atoms with Crippen LogP contribution < -0.4 is 5.32 Å². The highest BCUT2D eigenvalue weighted by Gasteiger charge is 2.33. The molecule has 0 unspecified atom stereocenters. The number of hydrogen-bond donors (Lipinski definition) is 1. The van der Waals surface area contributed by atoms with Crippen LogP contribution in [0.1, 0.15) is 40.5 Å². The van der Waals surface area contributed by atoms with Crippen molar-refractivity contribution in [3.8, 4) is 5.82 Å². The van der Waals surface area contributed by atoms with Gasteiger partial charge in [-0.3, -0.25) is 4.79 Å². The van der Waals surface area contributed by atoms with E-state index in [0.717, 1.165) is 16.8 Å². The number of anilines is 1. The van der Waals surface area contributed by atoms with E-state index in [4.69, 9.17) is 5.10 Å². The maximum absolute atomic E-state index is 12.5. The molecular formula is C20H19N7O. The second-order valence-electron chi connectivity index (χ2n) is 7.19. The van der Waals surface area contributed by atoms with Crippen LogP contribution in [0.4, 0.5) is 5.82 Å². The topological polar surface area (TPSA) is 90.0 Å². The SMILES string of the molecule is Cc1cccc([C@H]2CC(=O)Nc3c2c(C)nn3-c2ccc3nnc(C)n3n2)c1. The number of carbonyl (C=O) groups is 1. The van der Waals surface area contributed by atoms with Gasteiger partial charge in [-0.1, -0.05) is 29.8 Å². The molecule has 1 aromatic carbocycles. The number of benzene rings is 1. The fourth-order valence-electron chi connectivity index (χ4n) is 3.88. The quantitative estimate of drug-likeness (QED) is 0.583. The molecule has 0 aliphatic carbocycles. The molecule has 1 N–H and O–H groups in total. The number of nitrogens with zero attached hydrogens (tertiary/aromatic N) is 6. The van der Waals surface area contributed by atoms with Gasteiger partial charge in [-0.15, -0.1) is 15.3 Å². The monoisotopic (exact) mass is 373 g/mol. The number of aryl methyl sites for hydroxylation is 3. The first-order valence-corrected chi connectivity index (χ1v) is 9.16. The van der Waals surface area contributed by atoms with Crippen LogP contribution >= 0.6 is 0 Å². The van der Waals surface area contributed by atoms with Gasteiger partial charge in [0.1, 0.15) is 5.82 Å². The van der Waals surface area contributed by atoms with Crippen LogP contribution in [0.15, 0.2) is 36.4 Å². The van der Waals surface area contributed by atoms with Gasteiger partial charge in [0.05, 0.1) is 5.69 Å². The Morgan fingerprint density at radius 2 is 1.93 bits per heavy atom. The average molecular weight is 373 g/mol. The minimum Gasteiger partial charge on any atom is -0.310 e. The van der Waals surface area contributed by atoms with E-state index in [-0.39, 0.29) is 11.8 Å². The van der Waals surface area contributed by atoms with Gasteiger partial charge in [-0.2, -0.15) is 14.3 Å². The van der Waals surface area contributed by atoms with Gasteiger partial charge in [-0.05, 0) is 38.5 Å². The van der Waals surface area contributed by atoms with Crippen molar-refractivity contribution < 1.29 is 4.79 Å². The van der Waals surface area contributed by atoms with Gasteiger partial charge in [0.15, 0.2) is 17.3 Å². The molecule has 3 aromatic heterocycles. The maximum Gasteiger partial charge on any atom is 0.226 e. The number of fused-ring (bicyclic) bond motifs is 2. The first-order chi connectivity index (χ1) is 13.5. The van der Waals surface area contributed by atoms with Crippen molar-refractivity contribution in [3.63, 3.8) is 0 Å². The van der Waals surface area contributed by atoms with E-state index in [1.165, 1.54) is 5.56 Å². The molecule has 5 rings (SSSR count). The molecule has 0 fully saturated rings. The molecule has 0 spiro atoms. The lowest BCUT2D eigenvalue weighted by Crippen LogP contribution is -2.25. The maximum atomic E-state index is 12.5. The minimum absolute atomic E-state index is 0.0262. The molecule has 1 aliphatic rings. The lowest BCUT2D eigenvalue weighted by molar-refractivity contribution is -0.116. The summed E-state index contributed by atoms with van der Waals surface area (Å²) >= 11 is 0. The molecule has 1 amide bonds. The Kier molecular flexibility index (Phi) is 3.55. The molecule has 8 nitrogen and oxygen atoms in total. The summed E-state index contributed by atoms with van der Waals surface area (Å²) in [7, 11) is 0. The average Bonchev–Trinajstić information content (AvgIpc) is 3.21. The molecule has 1 aliphatic heterocycles. The summed E-state index contributed by atoms with van der Waals surface area (Å²) in [5.74, 6) is 1.92. The molecule has 4 aromatic rings. The first kappa shape index (κ1) is 16.6. The summed E-state index contributed by atoms with van der Waals surface area (Å²) in [4.78, 5) is 12.5. The van der Waals surface area contributed by atoms with Crippen molar-refractivity contribution in [2.24, 2.45) is 0 Å². The minimum atomic E-state index is -0.0298. The second kappa shape index (κ2) is 5.98.